The van der Waals surface area contributed by atoms with E-state index in [2.05, 4.69) is 39.4 Å². The smallest absolute Gasteiger partial charge is 0.256 e. The Labute approximate surface area is 125 Å². The molecular formula is C16H13N3OS. The molecule has 1 heterocycles. The monoisotopic (exact) mass is 295 g/mol. The lowest BCUT2D eigenvalue weighted by Crippen LogP contribution is -2.21. The Balaban J connectivity index is 1.96. The van der Waals surface area contributed by atoms with Crippen LogP contribution in [0.5, 0.6) is 0 Å². The van der Waals surface area contributed by atoms with E-state index in [4.69, 9.17) is 5.84 Å². The van der Waals surface area contributed by atoms with Gasteiger partial charge in [-0.2, -0.15) is 16.4 Å². The van der Waals surface area contributed by atoms with Gasteiger partial charge in [-0.25, -0.2) is 0 Å². The van der Waals surface area contributed by atoms with Gasteiger partial charge in [0.05, 0.1) is 0 Å². The molecule has 3 aromatic rings. The highest BCUT2D eigenvalue weighted by Crippen LogP contribution is 2.26. The maximum Gasteiger partial charge on any atom is 0.256 e. The average molecular weight is 295 g/mol. The van der Waals surface area contributed by atoms with Gasteiger partial charge in [0.15, 0.2) is 0 Å². The summed E-state index contributed by atoms with van der Waals surface area (Å²) in [5, 5.41) is 12.0. The maximum absolute atomic E-state index is 11.8. The van der Waals surface area contributed by atoms with Crippen LogP contribution in [0.3, 0.4) is 0 Å². The number of amides is 1. The highest BCUT2D eigenvalue weighted by Gasteiger charge is 2.06. The molecule has 104 valence electrons. The molecule has 21 heavy (non-hydrogen) atoms. The van der Waals surface area contributed by atoms with E-state index in [1.54, 1.807) is 17.4 Å². The molecule has 3 N–H and O–H groups in total. The van der Waals surface area contributed by atoms with Gasteiger partial charge in [0.25, 0.3) is 5.91 Å². The van der Waals surface area contributed by atoms with Gasteiger partial charge in [-0.05, 0) is 56.9 Å². The van der Waals surface area contributed by atoms with Crippen molar-refractivity contribution in [2.45, 2.75) is 0 Å². The number of fused-ring (bicyclic) bond motifs is 1. The molecule has 3 rings (SSSR count). The van der Waals surface area contributed by atoms with Gasteiger partial charge in [0, 0.05) is 5.56 Å². The Bertz CT molecular complexity index is 810. The van der Waals surface area contributed by atoms with Crippen LogP contribution in [0.15, 0.2) is 58.3 Å². The molecule has 0 spiro atoms. The van der Waals surface area contributed by atoms with E-state index in [1.165, 1.54) is 17.5 Å². The van der Waals surface area contributed by atoms with Crippen molar-refractivity contribution in [1.82, 2.24) is 5.32 Å². The van der Waals surface area contributed by atoms with E-state index in [1.807, 2.05) is 18.2 Å². The third-order valence-electron chi connectivity index (χ3n) is 3.23. The van der Waals surface area contributed by atoms with Crippen LogP contribution in [0.25, 0.3) is 21.9 Å². The van der Waals surface area contributed by atoms with Gasteiger partial charge >= 0.3 is 0 Å². The normalized spacial score (nSPS) is 11.0. The van der Waals surface area contributed by atoms with Crippen molar-refractivity contribution in [1.29, 1.82) is 0 Å². The summed E-state index contributed by atoms with van der Waals surface area (Å²) in [7, 11) is 0. The van der Waals surface area contributed by atoms with Crippen LogP contribution >= 0.6 is 11.3 Å². The fourth-order valence-corrected chi connectivity index (χ4v) is 2.84. The predicted octanol–water partition coefficient (Wildman–Crippen LogP) is 3.20. The van der Waals surface area contributed by atoms with Crippen LogP contribution in [0, 0.1) is 0 Å². The molecule has 0 fully saturated rings. The van der Waals surface area contributed by atoms with Crippen LogP contribution in [0.1, 0.15) is 10.4 Å². The summed E-state index contributed by atoms with van der Waals surface area (Å²) in [5.41, 5.74) is 2.96. The molecule has 0 aliphatic heterocycles. The molecule has 0 bridgehead atoms. The molecule has 0 aliphatic carbocycles. The van der Waals surface area contributed by atoms with Crippen molar-refractivity contribution in [2.75, 3.05) is 0 Å². The Hall–Kier alpha value is -2.66. The number of hydrogen-bond donors (Lipinski definition) is 2. The standard InChI is InChI=1S/C16H13N3OS/c17-19-10-18-16(20)14-4-3-11-7-13(2-1-12(11)8-14)15-5-6-21-9-15/h1-10H,17H2,(H,18,19,20). The number of thiophene rings is 1. The lowest BCUT2D eigenvalue weighted by Gasteiger charge is -2.05. The van der Waals surface area contributed by atoms with Crippen molar-refractivity contribution in [3.05, 3.63) is 58.8 Å². The number of rotatable bonds is 3. The Kier molecular flexibility index (Phi) is 3.66. The molecule has 2 aromatic carbocycles. The van der Waals surface area contributed by atoms with Gasteiger partial charge in [0.1, 0.15) is 6.34 Å². The van der Waals surface area contributed by atoms with Crippen molar-refractivity contribution < 1.29 is 4.79 Å². The first-order chi connectivity index (χ1) is 10.3. The zero-order valence-corrected chi connectivity index (χ0v) is 11.9. The van der Waals surface area contributed by atoms with Crippen LogP contribution in [-0.2, 0) is 0 Å². The van der Waals surface area contributed by atoms with E-state index in [9.17, 15) is 4.79 Å². The number of benzene rings is 2. The van der Waals surface area contributed by atoms with Crippen molar-refractivity contribution in [2.24, 2.45) is 10.9 Å². The minimum atomic E-state index is -0.229. The minimum absolute atomic E-state index is 0.229. The molecular weight excluding hydrogens is 282 g/mol. The third kappa shape index (κ3) is 2.78. The Morgan fingerprint density at radius 2 is 1.90 bits per heavy atom. The topological polar surface area (TPSA) is 67.5 Å². The van der Waals surface area contributed by atoms with Gasteiger partial charge in [0.2, 0.25) is 0 Å². The Morgan fingerprint density at radius 1 is 1.10 bits per heavy atom. The zero-order chi connectivity index (χ0) is 14.7. The van der Waals surface area contributed by atoms with Crippen LogP contribution in [-0.4, -0.2) is 12.2 Å². The predicted molar refractivity (Wildman–Crippen MR) is 87.4 cm³/mol. The van der Waals surface area contributed by atoms with Crippen molar-refractivity contribution in [3.8, 4) is 11.1 Å². The summed E-state index contributed by atoms with van der Waals surface area (Å²) >= 11 is 1.68. The third-order valence-corrected chi connectivity index (χ3v) is 3.91. The van der Waals surface area contributed by atoms with Crippen LogP contribution < -0.4 is 11.2 Å². The summed E-state index contributed by atoms with van der Waals surface area (Å²) in [6.07, 6.45) is 1.17. The summed E-state index contributed by atoms with van der Waals surface area (Å²) in [4.78, 5) is 11.8. The molecule has 0 saturated carbocycles. The molecule has 0 unspecified atom stereocenters. The zero-order valence-electron chi connectivity index (χ0n) is 11.1. The molecule has 4 nitrogen and oxygen atoms in total. The first kappa shape index (κ1) is 13.3. The number of carbonyl (C=O) groups is 1. The first-order valence-electron chi connectivity index (χ1n) is 6.37. The van der Waals surface area contributed by atoms with Crippen LogP contribution in [0.4, 0.5) is 0 Å². The van der Waals surface area contributed by atoms with E-state index >= 15 is 0 Å². The molecule has 0 radical (unpaired) electrons. The largest absolute Gasteiger partial charge is 0.322 e. The first-order valence-corrected chi connectivity index (χ1v) is 7.31. The van der Waals surface area contributed by atoms with Gasteiger partial charge in [-0.15, -0.1) is 0 Å². The second-order valence-corrected chi connectivity index (χ2v) is 5.32. The van der Waals surface area contributed by atoms with E-state index < -0.39 is 0 Å². The van der Waals surface area contributed by atoms with Gasteiger partial charge < -0.3 is 11.2 Å². The van der Waals surface area contributed by atoms with Crippen LogP contribution in [0.2, 0.25) is 0 Å². The lowest BCUT2D eigenvalue weighted by molar-refractivity contribution is 0.0978. The summed E-state index contributed by atoms with van der Waals surface area (Å²) in [6, 6.07) is 13.9. The van der Waals surface area contributed by atoms with Gasteiger partial charge in [-0.3, -0.25) is 4.79 Å². The average Bonchev–Trinajstić information content (AvgIpc) is 3.06. The lowest BCUT2D eigenvalue weighted by atomic mass is 10.0. The SMILES string of the molecule is N/N=C/NC(=O)c1ccc2cc(-c3ccsc3)ccc2c1. The number of carbonyl (C=O) groups excluding carboxylic acids is 1. The molecule has 1 amide bonds. The molecule has 5 heteroatoms. The summed E-state index contributed by atoms with van der Waals surface area (Å²) < 4.78 is 0. The highest BCUT2D eigenvalue weighted by molar-refractivity contribution is 7.08. The number of nitrogens with zero attached hydrogens (tertiary/aromatic N) is 1. The fourth-order valence-electron chi connectivity index (χ4n) is 2.17. The second kappa shape index (κ2) is 5.76. The molecule has 0 aliphatic rings. The Morgan fingerprint density at radius 3 is 2.67 bits per heavy atom. The van der Waals surface area contributed by atoms with Gasteiger partial charge in [-0.1, -0.05) is 18.2 Å². The van der Waals surface area contributed by atoms with E-state index in [-0.39, 0.29) is 5.91 Å². The van der Waals surface area contributed by atoms with E-state index in [0.717, 1.165) is 10.8 Å². The maximum atomic E-state index is 11.8. The number of nitrogens with one attached hydrogen (secondary N) is 1. The number of nitrogens with two attached hydrogens (primary N) is 1. The highest BCUT2D eigenvalue weighted by atomic mass is 32.1. The van der Waals surface area contributed by atoms with Crippen molar-refractivity contribution >= 4 is 34.4 Å². The summed E-state index contributed by atoms with van der Waals surface area (Å²) in [6.45, 7) is 0. The molecule has 1 aromatic heterocycles. The van der Waals surface area contributed by atoms with Crippen molar-refractivity contribution in [3.63, 3.8) is 0 Å². The molecule has 0 atom stereocenters. The van der Waals surface area contributed by atoms with E-state index in [0.29, 0.717) is 5.56 Å². The quantitative estimate of drug-likeness (QED) is 0.337. The summed E-state index contributed by atoms with van der Waals surface area (Å²) in [5.74, 6) is 4.74. The second-order valence-electron chi connectivity index (χ2n) is 4.54. The number of hydrazone groups is 1. The number of hydrogen-bond acceptors (Lipinski definition) is 4. The molecule has 0 saturated heterocycles. The minimum Gasteiger partial charge on any atom is -0.322 e. The fraction of sp³-hybridized carbons (Fsp3) is 0.